The van der Waals surface area contributed by atoms with Crippen LogP contribution in [0, 0.1) is 5.41 Å². The first-order chi connectivity index (χ1) is 18.8. The molecule has 0 bridgehead atoms. The van der Waals surface area contributed by atoms with Gasteiger partial charge in [-0.05, 0) is 60.0 Å². The zero-order valence-electron chi connectivity index (χ0n) is 22.9. The van der Waals surface area contributed by atoms with Crippen molar-refractivity contribution in [1.82, 2.24) is 5.32 Å². The molecule has 0 saturated carbocycles. The number of nitrogens with one attached hydrogen (secondary N) is 2. The summed E-state index contributed by atoms with van der Waals surface area (Å²) in [5, 5.41) is 8.72. The molecule has 1 amide bonds. The van der Waals surface area contributed by atoms with Crippen LogP contribution in [-0.2, 0) is 16.0 Å². The van der Waals surface area contributed by atoms with Crippen LogP contribution < -0.4 is 25.0 Å². The lowest BCUT2D eigenvalue weighted by atomic mass is 9.73. The Morgan fingerprint density at radius 2 is 1.92 bits per heavy atom. The van der Waals surface area contributed by atoms with Gasteiger partial charge >= 0.3 is 0 Å². The third-order valence-electron chi connectivity index (χ3n) is 7.32. The molecule has 2 aliphatic rings. The minimum atomic E-state index is -0.548. The van der Waals surface area contributed by atoms with Gasteiger partial charge in [-0.3, -0.25) is 9.59 Å². The number of fused-ring (bicyclic) bond motifs is 1. The van der Waals surface area contributed by atoms with Crippen LogP contribution in [-0.4, -0.2) is 39.0 Å². The fourth-order valence-corrected chi connectivity index (χ4v) is 6.30. The fraction of sp³-hybridized carbons (Fsp3) is 0.355. The van der Waals surface area contributed by atoms with Crippen LogP contribution in [0.3, 0.4) is 0 Å². The van der Waals surface area contributed by atoms with Gasteiger partial charge in [-0.25, -0.2) is 0 Å². The van der Waals surface area contributed by atoms with E-state index < -0.39 is 6.04 Å². The Morgan fingerprint density at radius 1 is 1.10 bits per heavy atom. The first-order valence-corrected chi connectivity index (χ1v) is 14.1. The zero-order chi connectivity index (χ0) is 27.6. The highest BCUT2D eigenvalue weighted by atomic mass is 32.1. The molecule has 1 unspecified atom stereocenters. The van der Waals surface area contributed by atoms with Gasteiger partial charge in [0, 0.05) is 34.7 Å². The van der Waals surface area contributed by atoms with Crippen molar-refractivity contribution in [1.29, 1.82) is 0 Å². The Labute approximate surface area is 233 Å². The SMILES string of the molecule is COc1ccc(OC)c(C2C3=C(CC(C)(C)CC3=O)Nc3ccccc3N2CC(=O)NCCc2cccs2)c1. The Kier molecular flexibility index (Phi) is 7.66. The molecule has 8 heteroatoms. The molecule has 2 N–H and O–H groups in total. The summed E-state index contributed by atoms with van der Waals surface area (Å²) in [5.41, 5.74) is 3.87. The van der Waals surface area contributed by atoms with Gasteiger partial charge in [-0.1, -0.05) is 32.0 Å². The zero-order valence-corrected chi connectivity index (χ0v) is 23.7. The van der Waals surface area contributed by atoms with E-state index in [0.717, 1.165) is 29.1 Å². The monoisotopic (exact) mass is 545 g/mol. The lowest BCUT2D eigenvalue weighted by Crippen LogP contribution is -2.42. The second-order valence-corrected chi connectivity index (χ2v) is 11.8. The lowest BCUT2D eigenvalue weighted by molar-refractivity contribution is -0.120. The number of para-hydroxylation sites is 2. The molecule has 2 heterocycles. The van der Waals surface area contributed by atoms with Crippen molar-refractivity contribution in [2.24, 2.45) is 5.41 Å². The van der Waals surface area contributed by atoms with Crippen LogP contribution in [0.4, 0.5) is 11.4 Å². The molecule has 1 aliphatic heterocycles. The van der Waals surface area contributed by atoms with E-state index in [4.69, 9.17) is 9.47 Å². The van der Waals surface area contributed by atoms with Crippen LogP contribution in [0.2, 0.25) is 0 Å². The van der Waals surface area contributed by atoms with E-state index >= 15 is 0 Å². The van der Waals surface area contributed by atoms with Gasteiger partial charge in [0.05, 0.1) is 38.2 Å². The molecule has 7 nitrogen and oxygen atoms in total. The molecule has 0 saturated heterocycles. The van der Waals surface area contributed by atoms with Gasteiger partial charge in [-0.15, -0.1) is 11.3 Å². The number of ether oxygens (including phenoxy) is 2. The number of Topliss-reactive ketones (excluding diaryl/α,β-unsaturated/α-hetero) is 1. The summed E-state index contributed by atoms with van der Waals surface area (Å²) < 4.78 is 11.4. The van der Waals surface area contributed by atoms with E-state index in [-0.39, 0.29) is 23.7 Å². The number of hydrogen-bond donors (Lipinski definition) is 2. The van der Waals surface area contributed by atoms with E-state index in [1.54, 1.807) is 25.6 Å². The maximum absolute atomic E-state index is 13.9. The molecule has 39 heavy (non-hydrogen) atoms. The summed E-state index contributed by atoms with van der Waals surface area (Å²) in [6.45, 7) is 4.85. The van der Waals surface area contributed by atoms with Crippen LogP contribution in [0.15, 0.2) is 71.2 Å². The number of nitrogens with zero attached hydrogens (tertiary/aromatic N) is 1. The van der Waals surface area contributed by atoms with E-state index in [2.05, 4.69) is 30.5 Å². The molecule has 0 radical (unpaired) electrons. The number of thiophene rings is 1. The Balaban J connectivity index is 1.61. The van der Waals surface area contributed by atoms with Crippen molar-refractivity contribution in [2.75, 3.05) is 37.5 Å². The number of amides is 1. The molecule has 1 aliphatic carbocycles. The molecule has 1 atom stereocenters. The molecule has 0 spiro atoms. The molecule has 0 fully saturated rings. The smallest absolute Gasteiger partial charge is 0.239 e. The maximum atomic E-state index is 13.9. The highest BCUT2D eigenvalue weighted by Crippen LogP contribution is 2.50. The van der Waals surface area contributed by atoms with Crippen LogP contribution >= 0.6 is 11.3 Å². The number of carbonyl (C=O) groups is 2. The quantitative estimate of drug-likeness (QED) is 0.376. The maximum Gasteiger partial charge on any atom is 0.239 e. The number of anilines is 2. The Hall–Kier alpha value is -3.78. The van der Waals surface area contributed by atoms with Crippen LogP contribution in [0.1, 0.15) is 43.2 Å². The van der Waals surface area contributed by atoms with Gasteiger partial charge in [0.1, 0.15) is 11.5 Å². The second-order valence-electron chi connectivity index (χ2n) is 10.8. The summed E-state index contributed by atoms with van der Waals surface area (Å²) in [6.07, 6.45) is 1.91. The molecule has 3 aromatic rings. The second kappa shape index (κ2) is 11.1. The van der Waals surface area contributed by atoms with Crippen molar-refractivity contribution in [3.8, 4) is 11.5 Å². The van der Waals surface area contributed by atoms with Gasteiger partial charge in [0.15, 0.2) is 5.78 Å². The van der Waals surface area contributed by atoms with Crippen molar-refractivity contribution < 1.29 is 19.1 Å². The van der Waals surface area contributed by atoms with E-state index in [1.807, 2.05) is 58.8 Å². The van der Waals surface area contributed by atoms with Crippen molar-refractivity contribution in [3.63, 3.8) is 0 Å². The first kappa shape index (κ1) is 26.8. The number of allylic oxidation sites excluding steroid dienone is 1. The van der Waals surface area contributed by atoms with Crippen molar-refractivity contribution in [3.05, 3.63) is 81.7 Å². The van der Waals surface area contributed by atoms with Crippen molar-refractivity contribution in [2.45, 2.75) is 39.2 Å². The third kappa shape index (κ3) is 5.66. The van der Waals surface area contributed by atoms with Gasteiger partial charge in [0.2, 0.25) is 5.91 Å². The normalized spacial score (nSPS) is 18.0. The summed E-state index contributed by atoms with van der Waals surface area (Å²) in [6, 6.07) is 17.1. The molecule has 204 valence electrons. The Bertz CT molecular complexity index is 1400. The van der Waals surface area contributed by atoms with Crippen LogP contribution in [0.25, 0.3) is 0 Å². The number of methoxy groups -OCH3 is 2. The number of rotatable bonds is 8. The van der Waals surface area contributed by atoms with E-state index in [9.17, 15) is 9.59 Å². The van der Waals surface area contributed by atoms with Crippen LogP contribution in [0.5, 0.6) is 11.5 Å². The highest BCUT2D eigenvalue weighted by molar-refractivity contribution is 7.09. The van der Waals surface area contributed by atoms with Gasteiger partial charge < -0.3 is 25.0 Å². The first-order valence-electron chi connectivity index (χ1n) is 13.2. The molecule has 5 rings (SSSR count). The average Bonchev–Trinajstić information content (AvgIpc) is 3.38. The third-order valence-corrected chi connectivity index (χ3v) is 8.26. The number of benzene rings is 2. The standard InChI is InChI=1S/C31H35N3O4S/c1-31(2)17-24-29(26(35)18-31)30(22-16-20(37-3)11-12-27(22)38-4)34(25-10-6-5-9-23(25)33-24)19-28(36)32-14-13-21-8-7-15-39-21/h5-12,15-16,30,33H,13-14,17-19H2,1-4H3,(H,32,36). The topological polar surface area (TPSA) is 79.9 Å². The predicted molar refractivity (Wildman–Crippen MR) is 156 cm³/mol. The number of ketones is 1. The number of hydrogen-bond acceptors (Lipinski definition) is 7. The largest absolute Gasteiger partial charge is 0.497 e. The molecular weight excluding hydrogens is 510 g/mol. The summed E-state index contributed by atoms with van der Waals surface area (Å²) in [4.78, 5) is 30.6. The van der Waals surface area contributed by atoms with Gasteiger partial charge in [-0.2, -0.15) is 0 Å². The minimum absolute atomic E-state index is 0.0690. The van der Waals surface area contributed by atoms with E-state index in [0.29, 0.717) is 36.5 Å². The van der Waals surface area contributed by atoms with E-state index in [1.165, 1.54) is 4.88 Å². The average molecular weight is 546 g/mol. The highest BCUT2D eigenvalue weighted by Gasteiger charge is 2.42. The lowest BCUT2D eigenvalue weighted by Gasteiger charge is -2.38. The molecule has 1 aromatic heterocycles. The summed E-state index contributed by atoms with van der Waals surface area (Å²) in [5.74, 6) is 1.25. The molecule has 2 aromatic carbocycles. The number of carbonyl (C=O) groups excluding carboxylic acids is 2. The molecular formula is C31H35N3O4S. The summed E-state index contributed by atoms with van der Waals surface area (Å²) >= 11 is 1.68. The fourth-order valence-electron chi connectivity index (χ4n) is 5.59. The minimum Gasteiger partial charge on any atom is -0.497 e. The summed E-state index contributed by atoms with van der Waals surface area (Å²) in [7, 11) is 3.24. The Morgan fingerprint density at radius 3 is 2.67 bits per heavy atom. The van der Waals surface area contributed by atoms with Crippen molar-refractivity contribution >= 4 is 34.4 Å². The predicted octanol–water partition coefficient (Wildman–Crippen LogP) is 5.74. The van der Waals surface area contributed by atoms with Gasteiger partial charge in [0.25, 0.3) is 0 Å².